The zero-order chi connectivity index (χ0) is 10.8. The van der Waals surface area contributed by atoms with Crippen molar-refractivity contribution in [3.63, 3.8) is 0 Å². The Hall–Kier alpha value is -0.260. The number of unbranched alkanes of at least 4 members (excludes halogenated alkanes) is 1. The summed E-state index contributed by atoms with van der Waals surface area (Å²) < 4.78 is 0. The van der Waals surface area contributed by atoms with Crippen LogP contribution in [0, 0.1) is 0 Å². The molecule has 5 heteroatoms. The molecule has 0 aromatic carbocycles. The predicted octanol–water partition coefficient (Wildman–Crippen LogP) is 1.60. The molecule has 2 N–H and O–H groups in total. The number of aliphatic hydroxyl groups is 1. The highest BCUT2D eigenvalue weighted by atomic mass is 32.1. The van der Waals surface area contributed by atoms with Gasteiger partial charge in [-0.1, -0.05) is 37.5 Å². The van der Waals surface area contributed by atoms with Gasteiger partial charge in [-0.3, -0.25) is 4.79 Å². The van der Waals surface area contributed by atoms with E-state index >= 15 is 0 Å². The summed E-state index contributed by atoms with van der Waals surface area (Å²) in [4.78, 5) is 17.3. The van der Waals surface area contributed by atoms with Gasteiger partial charge in [0.05, 0.1) is 6.10 Å². The molecular weight excluding hydrogens is 202 g/mol. The van der Waals surface area contributed by atoms with E-state index in [1.165, 1.54) is 0 Å². The number of aliphatic hydroxyl groups excluding tert-OH is 1. The van der Waals surface area contributed by atoms with Gasteiger partial charge in [-0.05, 0) is 19.3 Å². The zero-order valence-electron chi connectivity index (χ0n) is 8.53. The second-order valence-corrected chi connectivity index (χ2v) is 3.44. The highest BCUT2D eigenvalue weighted by Gasteiger charge is 2.05. The molecular formula is C9H19NO3S. The third-order valence-electron chi connectivity index (χ3n) is 1.95. The van der Waals surface area contributed by atoms with Crippen molar-refractivity contribution in [1.29, 1.82) is 0 Å². The fraction of sp³-hybridized carbons (Fsp3) is 0.889. The Morgan fingerprint density at radius 3 is 2.79 bits per heavy atom. The monoisotopic (exact) mass is 221 g/mol. The molecule has 0 aromatic rings. The summed E-state index contributed by atoms with van der Waals surface area (Å²) in [5.74, 6) is -0.315. The van der Waals surface area contributed by atoms with Gasteiger partial charge in [-0.2, -0.15) is 0 Å². The lowest BCUT2D eigenvalue weighted by Crippen LogP contribution is -2.11. The van der Waals surface area contributed by atoms with Crippen molar-refractivity contribution in [3.05, 3.63) is 0 Å². The Morgan fingerprint density at radius 2 is 2.21 bits per heavy atom. The molecule has 0 aliphatic rings. The molecule has 0 aliphatic carbocycles. The van der Waals surface area contributed by atoms with Gasteiger partial charge in [0, 0.05) is 6.42 Å². The van der Waals surface area contributed by atoms with Gasteiger partial charge in [0.1, 0.15) is 0 Å². The van der Waals surface area contributed by atoms with E-state index in [4.69, 9.17) is 0 Å². The predicted molar refractivity (Wildman–Crippen MR) is 57.6 cm³/mol. The Labute approximate surface area is 90.5 Å². The van der Waals surface area contributed by atoms with Crippen molar-refractivity contribution in [3.8, 4) is 0 Å². The number of nitrogens with one attached hydrogen (secondary N) is 1. The van der Waals surface area contributed by atoms with Crippen LogP contribution in [0.4, 0.5) is 0 Å². The van der Waals surface area contributed by atoms with Gasteiger partial charge in [0.15, 0.2) is 0 Å². The molecule has 84 valence electrons. The van der Waals surface area contributed by atoms with Crippen LogP contribution in [-0.2, 0) is 9.63 Å². The lowest BCUT2D eigenvalue weighted by atomic mass is 10.1. The summed E-state index contributed by atoms with van der Waals surface area (Å²) in [6.45, 7) is 2.04. The Kier molecular flexibility index (Phi) is 9.13. The van der Waals surface area contributed by atoms with Crippen LogP contribution in [0.2, 0.25) is 0 Å². The highest BCUT2D eigenvalue weighted by molar-refractivity contribution is 7.77. The Bertz CT molecular complexity index is 155. The maximum Gasteiger partial charge on any atom is 0.325 e. The number of hydrogen-bond acceptors (Lipinski definition) is 5. The average molecular weight is 221 g/mol. The van der Waals surface area contributed by atoms with Crippen molar-refractivity contribution < 1.29 is 14.7 Å². The lowest BCUT2D eigenvalue weighted by molar-refractivity contribution is -0.146. The minimum absolute atomic E-state index is 0.223. The second kappa shape index (κ2) is 9.30. The van der Waals surface area contributed by atoms with Crippen LogP contribution < -0.4 is 4.89 Å². The van der Waals surface area contributed by atoms with E-state index in [0.717, 1.165) is 32.1 Å². The maximum atomic E-state index is 10.8. The molecule has 0 radical (unpaired) electrons. The molecule has 0 aliphatic heterocycles. The van der Waals surface area contributed by atoms with Crippen LogP contribution in [0.1, 0.15) is 45.4 Å². The van der Waals surface area contributed by atoms with Crippen LogP contribution in [-0.4, -0.2) is 17.2 Å². The summed E-state index contributed by atoms with van der Waals surface area (Å²) in [7, 11) is 0. The molecule has 0 rings (SSSR count). The second-order valence-electron chi connectivity index (χ2n) is 3.25. The van der Waals surface area contributed by atoms with Crippen molar-refractivity contribution in [2.75, 3.05) is 0 Å². The van der Waals surface area contributed by atoms with Crippen LogP contribution in [0.25, 0.3) is 0 Å². The SMILES string of the molecule is CCCC(O)CCCCC(=O)ONS. The van der Waals surface area contributed by atoms with E-state index < -0.39 is 0 Å². The molecule has 1 atom stereocenters. The number of rotatable bonds is 8. The molecule has 14 heavy (non-hydrogen) atoms. The van der Waals surface area contributed by atoms with Crippen LogP contribution in [0.15, 0.2) is 0 Å². The molecule has 0 saturated heterocycles. The van der Waals surface area contributed by atoms with E-state index in [-0.39, 0.29) is 12.1 Å². The summed E-state index contributed by atoms with van der Waals surface area (Å²) in [5.41, 5.74) is 0. The minimum atomic E-state index is -0.315. The lowest BCUT2D eigenvalue weighted by Gasteiger charge is -2.07. The smallest absolute Gasteiger partial charge is 0.325 e. The zero-order valence-corrected chi connectivity index (χ0v) is 9.43. The first kappa shape index (κ1) is 13.7. The molecule has 0 bridgehead atoms. The van der Waals surface area contributed by atoms with Gasteiger partial charge >= 0.3 is 5.97 Å². The minimum Gasteiger partial charge on any atom is -0.393 e. The molecule has 1 unspecified atom stereocenters. The van der Waals surface area contributed by atoms with E-state index in [9.17, 15) is 9.90 Å². The Balaban J connectivity index is 3.24. The molecule has 0 fully saturated rings. The fourth-order valence-corrected chi connectivity index (χ4v) is 1.33. The third kappa shape index (κ3) is 8.34. The van der Waals surface area contributed by atoms with E-state index in [2.05, 4.69) is 17.7 Å². The van der Waals surface area contributed by atoms with Crippen molar-refractivity contribution in [2.45, 2.75) is 51.6 Å². The van der Waals surface area contributed by atoms with Gasteiger partial charge < -0.3 is 9.94 Å². The first-order chi connectivity index (χ1) is 6.70. The van der Waals surface area contributed by atoms with E-state index in [0.29, 0.717) is 6.42 Å². The number of carbonyl (C=O) groups is 1. The molecule has 4 nitrogen and oxygen atoms in total. The number of hydrogen-bond donors (Lipinski definition) is 3. The largest absolute Gasteiger partial charge is 0.393 e. The van der Waals surface area contributed by atoms with E-state index in [1.807, 2.05) is 11.8 Å². The summed E-state index contributed by atoms with van der Waals surface area (Å²) in [6.07, 6.45) is 4.33. The average Bonchev–Trinajstić information content (AvgIpc) is 2.13. The summed E-state index contributed by atoms with van der Waals surface area (Å²) in [5, 5.41) is 9.38. The van der Waals surface area contributed by atoms with Gasteiger partial charge in [0.2, 0.25) is 0 Å². The van der Waals surface area contributed by atoms with Gasteiger partial charge in [-0.15, -0.1) is 0 Å². The quantitative estimate of drug-likeness (QED) is 0.331. The highest BCUT2D eigenvalue weighted by Crippen LogP contribution is 2.08. The number of thiol groups is 1. The normalized spacial score (nSPS) is 12.5. The first-order valence-corrected chi connectivity index (χ1v) is 5.42. The van der Waals surface area contributed by atoms with Crippen LogP contribution in [0.5, 0.6) is 0 Å². The fourth-order valence-electron chi connectivity index (χ4n) is 1.23. The summed E-state index contributed by atoms with van der Waals surface area (Å²) >= 11 is 3.53. The molecule has 0 amide bonds. The first-order valence-electron chi connectivity index (χ1n) is 4.97. The standard InChI is InChI=1S/C9H19NO3S/c1-2-5-8(11)6-3-4-7-9(12)13-10-14/h8,10-11,14H,2-7H2,1H3. The van der Waals surface area contributed by atoms with Gasteiger partial charge in [-0.25, -0.2) is 0 Å². The van der Waals surface area contributed by atoms with Crippen molar-refractivity contribution in [2.24, 2.45) is 0 Å². The van der Waals surface area contributed by atoms with Crippen molar-refractivity contribution in [1.82, 2.24) is 4.89 Å². The molecule has 0 heterocycles. The Morgan fingerprint density at radius 1 is 1.50 bits per heavy atom. The summed E-state index contributed by atoms with van der Waals surface area (Å²) in [6, 6.07) is 0. The van der Waals surface area contributed by atoms with Gasteiger partial charge in [0.25, 0.3) is 0 Å². The third-order valence-corrected chi connectivity index (χ3v) is 2.04. The van der Waals surface area contributed by atoms with E-state index in [1.54, 1.807) is 0 Å². The maximum absolute atomic E-state index is 10.8. The molecule has 0 spiro atoms. The van der Waals surface area contributed by atoms with Crippen LogP contribution >= 0.6 is 12.8 Å². The molecule has 0 aromatic heterocycles. The van der Waals surface area contributed by atoms with Crippen molar-refractivity contribution >= 4 is 18.8 Å². The topological polar surface area (TPSA) is 58.6 Å². The van der Waals surface area contributed by atoms with Crippen LogP contribution in [0.3, 0.4) is 0 Å². The number of carbonyl (C=O) groups excluding carboxylic acids is 1. The molecule has 0 saturated carbocycles.